The van der Waals surface area contributed by atoms with Crippen LogP contribution in [0.5, 0.6) is 0 Å². The largest absolute Gasteiger partial charge is 0.361 e. The zero-order chi connectivity index (χ0) is 18.0. The van der Waals surface area contributed by atoms with E-state index in [1.54, 1.807) is 4.68 Å². The summed E-state index contributed by atoms with van der Waals surface area (Å²) in [6.45, 7) is 5.84. The average molecular weight is 344 g/mol. The third kappa shape index (κ3) is 3.94. The van der Waals surface area contributed by atoms with E-state index in [0.29, 0.717) is 12.3 Å². The predicted octanol–water partition coefficient (Wildman–Crippen LogP) is 4.20. The quantitative estimate of drug-likeness (QED) is 0.882. The first-order valence-corrected chi connectivity index (χ1v) is 9.22. The van der Waals surface area contributed by atoms with Gasteiger partial charge >= 0.3 is 0 Å². The van der Waals surface area contributed by atoms with E-state index in [0.717, 1.165) is 28.5 Å². The van der Waals surface area contributed by atoms with Crippen molar-refractivity contribution in [3.8, 4) is 0 Å². The van der Waals surface area contributed by atoms with E-state index in [2.05, 4.69) is 15.6 Å². The predicted molar refractivity (Wildman–Crippen MR) is 96.7 cm³/mol. The fourth-order valence-electron chi connectivity index (χ4n) is 3.97. The van der Waals surface area contributed by atoms with Gasteiger partial charge in [0.15, 0.2) is 0 Å². The second-order valence-electron chi connectivity index (χ2n) is 7.30. The standard InChI is InChI=1S/C19H28N4O2/c1-12(19-13(2)22-25-14(19)3)10-18(24)20-17-11-16(21-23(17)4)15-8-6-5-7-9-15/h11-12,15H,5-10H2,1-4H3,(H,20,24)/t12-/m0/s1. The summed E-state index contributed by atoms with van der Waals surface area (Å²) in [5.41, 5.74) is 3.00. The summed E-state index contributed by atoms with van der Waals surface area (Å²) >= 11 is 0. The van der Waals surface area contributed by atoms with Gasteiger partial charge in [0.2, 0.25) is 5.91 Å². The van der Waals surface area contributed by atoms with Crippen molar-refractivity contribution in [2.45, 2.75) is 71.1 Å². The molecule has 0 saturated heterocycles. The first-order valence-electron chi connectivity index (χ1n) is 9.22. The minimum Gasteiger partial charge on any atom is -0.361 e. The molecule has 1 aliphatic carbocycles. The Morgan fingerprint density at radius 2 is 2.08 bits per heavy atom. The number of hydrogen-bond acceptors (Lipinski definition) is 4. The Morgan fingerprint density at radius 3 is 2.72 bits per heavy atom. The molecule has 136 valence electrons. The van der Waals surface area contributed by atoms with Crippen molar-refractivity contribution in [3.05, 3.63) is 28.8 Å². The van der Waals surface area contributed by atoms with Crippen LogP contribution in [0.2, 0.25) is 0 Å². The molecule has 1 fully saturated rings. The fourth-order valence-corrected chi connectivity index (χ4v) is 3.97. The molecule has 0 aromatic carbocycles. The molecule has 6 nitrogen and oxygen atoms in total. The maximum atomic E-state index is 12.5. The highest BCUT2D eigenvalue weighted by Crippen LogP contribution is 2.33. The molecule has 25 heavy (non-hydrogen) atoms. The highest BCUT2D eigenvalue weighted by atomic mass is 16.5. The lowest BCUT2D eigenvalue weighted by Crippen LogP contribution is -2.17. The molecule has 2 heterocycles. The van der Waals surface area contributed by atoms with Crippen LogP contribution in [-0.2, 0) is 11.8 Å². The number of amides is 1. The van der Waals surface area contributed by atoms with Gasteiger partial charge in [0.1, 0.15) is 11.6 Å². The number of aryl methyl sites for hydroxylation is 3. The first-order chi connectivity index (χ1) is 12.0. The van der Waals surface area contributed by atoms with Gasteiger partial charge in [-0.05, 0) is 32.6 Å². The zero-order valence-electron chi connectivity index (χ0n) is 15.6. The molecule has 3 rings (SSSR count). The Hall–Kier alpha value is -2.11. The summed E-state index contributed by atoms with van der Waals surface area (Å²) in [5.74, 6) is 2.16. The van der Waals surface area contributed by atoms with E-state index in [9.17, 15) is 4.79 Å². The Morgan fingerprint density at radius 1 is 1.36 bits per heavy atom. The number of anilines is 1. The molecule has 0 bridgehead atoms. The van der Waals surface area contributed by atoms with E-state index in [4.69, 9.17) is 4.52 Å². The number of rotatable bonds is 5. The molecule has 0 spiro atoms. The Bertz CT molecular complexity index is 721. The lowest BCUT2D eigenvalue weighted by Gasteiger charge is -2.19. The summed E-state index contributed by atoms with van der Waals surface area (Å²) in [6, 6.07) is 2.04. The lowest BCUT2D eigenvalue weighted by molar-refractivity contribution is -0.116. The molecule has 0 radical (unpaired) electrons. The molecular weight excluding hydrogens is 316 g/mol. The van der Waals surface area contributed by atoms with Gasteiger partial charge in [-0.25, -0.2) is 0 Å². The summed E-state index contributed by atoms with van der Waals surface area (Å²) in [6.07, 6.45) is 6.68. The molecule has 1 amide bonds. The first kappa shape index (κ1) is 17.7. The van der Waals surface area contributed by atoms with E-state index in [-0.39, 0.29) is 11.8 Å². The van der Waals surface area contributed by atoms with Crippen molar-refractivity contribution < 1.29 is 9.32 Å². The highest BCUT2D eigenvalue weighted by molar-refractivity contribution is 5.90. The molecule has 1 N–H and O–H groups in total. The Balaban J connectivity index is 1.64. The van der Waals surface area contributed by atoms with Crippen LogP contribution in [-0.4, -0.2) is 20.8 Å². The van der Waals surface area contributed by atoms with Gasteiger partial charge in [-0.1, -0.05) is 31.3 Å². The van der Waals surface area contributed by atoms with Crippen molar-refractivity contribution >= 4 is 11.7 Å². The van der Waals surface area contributed by atoms with Crippen LogP contribution in [0.4, 0.5) is 5.82 Å². The normalized spacial score (nSPS) is 16.8. The molecule has 2 aromatic heterocycles. The van der Waals surface area contributed by atoms with E-state index in [1.807, 2.05) is 33.9 Å². The number of aromatic nitrogens is 3. The second-order valence-corrected chi connectivity index (χ2v) is 7.30. The maximum Gasteiger partial charge on any atom is 0.226 e. The minimum atomic E-state index is -0.00862. The van der Waals surface area contributed by atoms with Gasteiger partial charge in [0, 0.05) is 31.0 Å². The van der Waals surface area contributed by atoms with Crippen LogP contribution in [0, 0.1) is 13.8 Å². The smallest absolute Gasteiger partial charge is 0.226 e. The van der Waals surface area contributed by atoms with Gasteiger partial charge in [-0.15, -0.1) is 0 Å². The van der Waals surface area contributed by atoms with Crippen LogP contribution < -0.4 is 5.32 Å². The summed E-state index contributed by atoms with van der Waals surface area (Å²) in [4.78, 5) is 12.5. The molecule has 2 aromatic rings. The van der Waals surface area contributed by atoms with Crippen molar-refractivity contribution in [3.63, 3.8) is 0 Å². The SMILES string of the molecule is Cc1noc(C)c1[C@@H](C)CC(=O)Nc1cc(C2CCCCC2)nn1C. The molecule has 6 heteroatoms. The monoisotopic (exact) mass is 344 g/mol. The maximum absolute atomic E-state index is 12.5. The number of nitrogens with zero attached hydrogens (tertiary/aromatic N) is 3. The number of nitrogens with one attached hydrogen (secondary N) is 1. The van der Waals surface area contributed by atoms with Gasteiger partial charge in [0.25, 0.3) is 0 Å². The molecular formula is C19H28N4O2. The summed E-state index contributed by atoms with van der Waals surface area (Å²) < 4.78 is 6.99. The average Bonchev–Trinajstić information content (AvgIpc) is 3.11. The van der Waals surface area contributed by atoms with Crippen molar-refractivity contribution in [1.82, 2.24) is 14.9 Å². The van der Waals surface area contributed by atoms with E-state index < -0.39 is 0 Å². The topological polar surface area (TPSA) is 73.0 Å². The fraction of sp³-hybridized carbons (Fsp3) is 0.632. The van der Waals surface area contributed by atoms with Crippen LogP contribution >= 0.6 is 0 Å². The summed E-state index contributed by atoms with van der Waals surface area (Å²) in [5, 5.41) is 11.6. The van der Waals surface area contributed by atoms with E-state index >= 15 is 0 Å². The molecule has 1 atom stereocenters. The van der Waals surface area contributed by atoms with Crippen LogP contribution in [0.25, 0.3) is 0 Å². The summed E-state index contributed by atoms with van der Waals surface area (Å²) in [7, 11) is 1.89. The Kier molecular flexibility index (Phi) is 5.25. The Labute approximate surface area is 149 Å². The minimum absolute atomic E-state index is 0.00862. The zero-order valence-corrected chi connectivity index (χ0v) is 15.6. The van der Waals surface area contributed by atoms with Gasteiger partial charge in [0.05, 0.1) is 11.4 Å². The third-order valence-corrected chi connectivity index (χ3v) is 5.26. The molecule has 0 aliphatic heterocycles. The van der Waals surface area contributed by atoms with Gasteiger partial charge in [-0.2, -0.15) is 5.10 Å². The number of carbonyl (C=O) groups excluding carboxylic acids is 1. The second kappa shape index (κ2) is 7.42. The number of carbonyl (C=O) groups is 1. The number of hydrogen-bond donors (Lipinski definition) is 1. The molecule has 0 unspecified atom stereocenters. The van der Waals surface area contributed by atoms with E-state index in [1.165, 1.54) is 32.1 Å². The van der Waals surface area contributed by atoms with Gasteiger partial charge < -0.3 is 9.84 Å². The van der Waals surface area contributed by atoms with Gasteiger partial charge in [-0.3, -0.25) is 9.48 Å². The highest BCUT2D eigenvalue weighted by Gasteiger charge is 2.22. The van der Waals surface area contributed by atoms with Crippen LogP contribution in [0.15, 0.2) is 10.6 Å². The van der Waals surface area contributed by atoms with Crippen molar-refractivity contribution in [2.75, 3.05) is 5.32 Å². The van der Waals surface area contributed by atoms with Crippen LogP contribution in [0.1, 0.15) is 80.0 Å². The van der Waals surface area contributed by atoms with Crippen molar-refractivity contribution in [1.29, 1.82) is 0 Å². The molecule has 1 aliphatic rings. The lowest BCUT2D eigenvalue weighted by atomic mass is 9.87. The van der Waals surface area contributed by atoms with Crippen LogP contribution in [0.3, 0.4) is 0 Å². The molecule has 1 saturated carbocycles. The van der Waals surface area contributed by atoms with Crippen molar-refractivity contribution in [2.24, 2.45) is 7.05 Å². The third-order valence-electron chi connectivity index (χ3n) is 5.26.